The fourth-order valence-corrected chi connectivity index (χ4v) is 5.59. The van der Waals surface area contributed by atoms with Gasteiger partial charge in [-0.05, 0) is 43.5 Å². The van der Waals surface area contributed by atoms with Crippen LogP contribution in [-0.2, 0) is 21.3 Å². The molecule has 3 rings (SSSR count). The third-order valence-corrected chi connectivity index (χ3v) is 7.11. The first-order valence-electron chi connectivity index (χ1n) is 8.81. The van der Waals surface area contributed by atoms with Crippen LogP contribution in [0, 0.1) is 0 Å². The van der Waals surface area contributed by atoms with Crippen LogP contribution in [0.5, 0.6) is 0 Å². The quantitative estimate of drug-likeness (QED) is 0.763. The maximum absolute atomic E-state index is 13.0. The number of carbonyl (C=O) groups excluding carboxylic acids is 1. The molecule has 0 aliphatic carbocycles. The molecule has 0 radical (unpaired) electrons. The lowest BCUT2D eigenvalue weighted by Gasteiger charge is -2.34. The van der Waals surface area contributed by atoms with Gasteiger partial charge in [-0.2, -0.15) is 4.31 Å². The Bertz CT molecular complexity index is 886. The highest BCUT2D eigenvalue weighted by molar-refractivity contribution is 7.89. The summed E-state index contributed by atoms with van der Waals surface area (Å²) in [6.07, 6.45) is -0.324. The highest BCUT2D eigenvalue weighted by Gasteiger charge is 2.32. The second kappa shape index (κ2) is 8.10. The molecule has 0 bridgehead atoms. The first kappa shape index (κ1) is 20.0. The number of morpholine rings is 1. The Morgan fingerprint density at radius 3 is 2.56 bits per heavy atom. The van der Waals surface area contributed by atoms with Crippen molar-refractivity contribution in [2.75, 3.05) is 20.1 Å². The molecule has 2 aromatic rings. The molecule has 146 valence electrons. The number of benzene rings is 1. The molecular formula is C19H24N2O4S2. The number of sulfonamides is 1. The van der Waals surface area contributed by atoms with Gasteiger partial charge < -0.3 is 9.64 Å². The van der Waals surface area contributed by atoms with Gasteiger partial charge in [0.25, 0.3) is 5.91 Å². The molecule has 1 amide bonds. The minimum Gasteiger partial charge on any atom is -0.373 e. The van der Waals surface area contributed by atoms with Crippen LogP contribution < -0.4 is 0 Å². The zero-order chi connectivity index (χ0) is 19.6. The average molecular weight is 409 g/mol. The van der Waals surface area contributed by atoms with Crippen LogP contribution in [0.25, 0.3) is 0 Å². The van der Waals surface area contributed by atoms with E-state index in [9.17, 15) is 13.2 Å². The zero-order valence-corrected chi connectivity index (χ0v) is 17.3. The Morgan fingerprint density at radius 2 is 1.93 bits per heavy atom. The standard InChI is InChI=1S/C19H24N2O4S2/c1-14-11-21(12-15(2)25-14)27(23,24)18-8-4-6-16(10-18)19(22)20(3)13-17-7-5-9-26-17/h4-10,14-15H,11-13H2,1-3H3/t14-,15-/m0/s1. The zero-order valence-electron chi connectivity index (χ0n) is 15.7. The summed E-state index contributed by atoms with van der Waals surface area (Å²) in [5.41, 5.74) is 0.365. The van der Waals surface area contributed by atoms with Crippen LogP contribution in [-0.4, -0.2) is 55.9 Å². The minimum atomic E-state index is -3.67. The molecule has 1 aromatic heterocycles. The molecule has 1 aromatic carbocycles. The molecule has 6 nitrogen and oxygen atoms in total. The van der Waals surface area contributed by atoms with E-state index >= 15 is 0 Å². The fraction of sp³-hybridized carbons (Fsp3) is 0.421. The van der Waals surface area contributed by atoms with Gasteiger partial charge >= 0.3 is 0 Å². The number of hydrogen-bond acceptors (Lipinski definition) is 5. The summed E-state index contributed by atoms with van der Waals surface area (Å²) in [6.45, 7) is 4.83. The van der Waals surface area contributed by atoms with Gasteiger partial charge in [0.2, 0.25) is 10.0 Å². The van der Waals surface area contributed by atoms with Gasteiger partial charge in [0.1, 0.15) is 0 Å². The number of carbonyl (C=O) groups is 1. The summed E-state index contributed by atoms with van der Waals surface area (Å²) in [4.78, 5) is 15.5. The molecule has 1 saturated heterocycles. The van der Waals surface area contributed by atoms with Crippen molar-refractivity contribution in [3.63, 3.8) is 0 Å². The normalized spacial score (nSPS) is 21.1. The molecule has 8 heteroatoms. The molecule has 2 atom stereocenters. The largest absolute Gasteiger partial charge is 0.373 e. The van der Waals surface area contributed by atoms with Gasteiger partial charge in [0.15, 0.2) is 0 Å². The third-order valence-electron chi connectivity index (χ3n) is 4.42. The van der Waals surface area contributed by atoms with E-state index in [1.165, 1.54) is 16.4 Å². The van der Waals surface area contributed by atoms with Crippen molar-refractivity contribution in [3.05, 3.63) is 52.2 Å². The Hall–Kier alpha value is -1.74. The van der Waals surface area contributed by atoms with Crippen LogP contribution in [0.2, 0.25) is 0 Å². The van der Waals surface area contributed by atoms with Crippen molar-refractivity contribution >= 4 is 27.3 Å². The highest BCUT2D eigenvalue weighted by atomic mass is 32.2. The molecule has 27 heavy (non-hydrogen) atoms. The SMILES string of the molecule is C[C@H]1CN(S(=O)(=O)c2cccc(C(=O)N(C)Cc3cccs3)c2)C[C@H](C)O1. The van der Waals surface area contributed by atoms with E-state index in [0.717, 1.165) is 4.88 Å². The topological polar surface area (TPSA) is 66.9 Å². The van der Waals surface area contributed by atoms with Crippen molar-refractivity contribution in [1.82, 2.24) is 9.21 Å². The fourth-order valence-electron chi connectivity index (χ4n) is 3.19. The Labute approximate surface area is 164 Å². The van der Waals surface area contributed by atoms with E-state index in [2.05, 4.69) is 0 Å². The van der Waals surface area contributed by atoms with Gasteiger partial charge in [0, 0.05) is 30.6 Å². The van der Waals surface area contributed by atoms with Crippen LogP contribution in [0.4, 0.5) is 0 Å². The molecule has 1 aliphatic heterocycles. The first-order chi connectivity index (χ1) is 12.8. The summed E-state index contributed by atoms with van der Waals surface area (Å²) in [5, 5.41) is 1.96. The molecule has 1 aliphatic rings. The van der Waals surface area contributed by atoms with Gasteiger partial charge in [0.05, 0.1) is 23.6 Å². The van der Waals surface area contributed by atoms with Gasteiger partial charge in [-0.3, -0.25) is 4.79 Å². The lowest BCUT2D eigenvalue weighted by Crippen LogP contribution is -2.48. The van der Waals surface area contributed by atoms with Crippen LogP contribution >= 0.6 is 11.3 Å². The van der Waals surface area contributed by atoms with Crippen LogP contribution in [0.1, 0.15) is 29.1 Å². The molecule has 0 spiro atoms. The maximum Gasteiger partial charge on any atom is 0.253 e. The van der Waals surface area contributed by atoms with Crippen molar-refractivity contribution in [1.29, 1.82) is 0 Å². The first-order valence-corrected chi connectivity index (χ1v) is 11.1. The van der Waals surface area contributed by atoms with E-state index in [4.69, 9.17) is 4.74 Å². The Balaban J connectivity index is 1.81. The average Bonchev–Trinajstić information content (AvgIpc) is 3.13. The lowest BCUT2D eigenvalue weighted by atomic mass is 10.2. The van der Waals surface area contributed by atoms with Gasteiger partial charge in [-0.15, -0.1) is 11.3 Å². The van der Waals surface area contributed by atoms with E-state index in [-0.39, 0.29) is 23.0 Å². The number of thiophene rings is 1. The monoisotopic (exact) mass is 408 g/mol. The predicted octanol–water partition coefficient (Wildman–Crippen LogP) is 2.82. The van der Waals surface area contributed by atoms with Crippen molar-refractivity contribution in [2.24, 2.45) is 0 Å². The number of hydrogen-bond donors (Lipinski definition) is 0. The summed E-state index contributed by atoms with van der Waals surface area (Å²) in [5.74, 6) is -0.204. The number of nitrogens with zero attached hydrogens (tertiary/aromatic N) is 2. The Kier molecular flexibility index (Phi) is 6.00. The van der Waals surface area contributed by atoms with E-state index in [1.807, 2.05) is 31.4 Å². The van der Waals surface area contributed by atoms with Gasteiger partial charge in [-0.25, -0.2) is 8.42 Å². The lowest BCUT2D eigenvalue weighted by molar-refractivity contribution is -0.0440. The summed E-state index contributed by atoms with van der Waals surface area (Å²) in [6, 6.07) is 10.2. The third kappa shape index (κ3) is 4.57. The smallest absolute Gasteiger partial charge is 0.253 e. The summed E-state index contributed by atoms with van der Waals surface area (Å²) < 4.78 is 33.1. The van der Waals surface area contributed by atoms with E-state index in [0.29, 0.717) is 25.2 Å². The van der Waals surface area contributed by atoms with Crippen molar-refractivity contribution in [2.45, 2.75) is 37.5 Å². The number of ether oxygens (including phenoxy) is 1. The second-order valence-corrected chi connectivity index (χ2v) is 9.82. The maximum atomic E-state index is 13.0. The number of rotatable bonds is 5. The van der Waals surface area contributed by atoms with Crippen molar-refractivity contribution < 1.29 is 17.9 Å². The van der Waals surface area contributed by atoms with Gasteiger partial charge in [-0.1, -0.05) is 12.1 Å². The van der Waals surface area contributed by atoms with E-state index in [1.54, 1.807) is 35.4 Å². The van der Waals surface area contributed by atoms with E-state index < -0.39 is 10.0 Å². The highest BCUT2D eigenvalue weighted by Crippen LogP contribution is 2.22. The second-order valence-electron chi connectivity index (χ2n) is 6.85. The molecule has 1 fully saturated rings. The minimum absolute atomic E-state index is 0.138. The molecule has 0 saturated carbocycles. The molecule has 0 unspecified atom stereocenters. The predicted molar refractivity (Wildman–Crippen MR) is 105 cm³/mol. The van der Waals surface area contributed by atoms with Crippen LogP contribution in [0.15, 0.2) is 46.7 Å². The van der Waals surface area contributed by atoms with Crippen LogP contribution in [0.3, 0.4) is 0 Å². The molecule has 2 heterocycles. The number of amides is 1. The molecule has 0 N–H and O–H groups in total. The summed E-state index contributed by atoms with van der Waals surface area (Å²) >= 11 is 1.58. The Morgan fingerprint density at radius 1 is 1.22 bits per heavy atom. The summed E-state index contributed by atoms with van der Waals surface area (Å²) in [7, 11) is -1.96. The molecular weight excluding hydrogens is 384 g/mol. The van der Waals surface area contributed by atoms with Crippen molar-refractivity contribution in [3.8, 4) is 0 Å².